The van der Waals surface area contributed by atoms with Crippen molar-refractivity contribution in [1.29, 1.82) is 0 Å². The molecular weight excluding hydrogens is 258 g/mol. The third kappa shape index (κ3) is 3.38. The zero-order chi connectivity index (χ0) is 14.0. The van der Waals surface area contributed by atoms with Crippen molar-refractivity contribution in [1.82, 2.24) is 9.97 Å². The molecule has 4 heteroatoms. The second kappa shape index (κ2) is 5.66. The van der Waals surface area contributed by atoms with E-state index in [9.17, 15) is 0 Å². The molecule has 3 nitrogen and oxygen atoms in total. The van der Waals surface area contributed by atoms with Crippen molar-refractivity contribution in [3.63, 3.8) is 0 Å². The minimum atomic E-state index is 0.341. The molecule has 0 bridgehead atoms. The second-order valence-electron chi connectivity index (χ2n) is 6.54. The first-order valence-corrected chi connectivity index (χ1v) is 7.63. The van der Waals surface area contributed by atoms with Crippen molar-refractivity contribution in [2.24, 2.45) is 5.41 Å². The molecule has 1 aliphatic rings. The average molecular weight is 282 g/mol. The van der Waals surface area contributed by atoms with E-state index in [1.165, 1.54) is 12.8 Å². The van der Waals surface area contributed by atoms with E-state index in [2.05, 4.69) is 42.6 Å². The topological polar surface area (TPSA) is 29.0 Å². The van der Waals surface area contributed by atoms with Crippen LogP contribution in [0.5, 0.6) is 0 Å². The Morgan fingerprint density at radius 2 is 2.16 bits per heavy atom. The summed E-state index contributed by atoms with van der Waals surface area (Å²) < 4.78 is 0. The molecule has 19 heavy (non-hydrogen) atoms. The van der Waals surface area contributed by atoms with Crippen molar-refractivity contribution in [2.45, 2.75) is 52.3 Å². The molecule has 0 unspecified atom stereocenters. The predicted octanol–water partition coefficient (Wildman–Crippen LogP) is 3.97. The Kier molecular flexibility index (Phi) is 4.34. The van der Waals surface area contributed by atoms with Gasteiger partial charge in [-0.05, 0) is 18.3 Å². The molecule has 1 fully saturated rings. The first-order valence-electron chi connectivity index (χ1n) is 7.10. The Morgan fingerprint density at radius 3 is 2.74 bits per heavy atom. The largest absolute Gasteiger partial charge is 0.368 e. The van der Waals surface area contributed by atoms with Crippen LogP contribution in [0.1, 0.15) is 58.0 Å². The normalized spacial score (nSPS) is 18.9. The number of nitrogens with zero attached hydrogens (tertiary/aromatic N) is 3. The summed E-state index contributed by atoms with van der Waals surface area (Å²) in [6.45, 7) is 11.0. The lowest BCUT2D eigenvalue weighted by atomic mass is 9.84. The molecule has 0 aliphatic carbocycles. The van der Waals surface area contributed by atoms with Crippen LogP contribution in [0.15, 0.2) is 6.20 Å². The molecule has 1 aromatic rings. The lowest BCUT2D eigenvalue weighted by Gasteiger charge is -2.39. The maximum absolute atomic E-state index is 6.08. The lowest BCUT2D eigenvalue weighted by Crippen LogP contribution is -2.40. The van der Waals surface area contributed by atoms with Crippen LogP contribution in [0, 0.1) is 5.41 Å². The molecule has 0 atom stereocenters. The summed E-state index contributed by atoms with van der Waals surface area (Å²) in [5.41, 5.74) is 2.45. The minimum absolute atomic E-state index is 0.341. The molecule has 0 aromatic carbocycles. The van der Waals surface area contributed by atoms with E-state index < -0.39 is 0 Å². The molecule has 0 amide bonds. The number of anilines is 1. The summed E-state index contributed by atoms with van der Waals surface area (Å²) in [4.78, 5) is 11.5. The van der Waals surface area contributed by atoms with Gasteiger partial charge in [0.25, 0.3) is 0 Å². The number of piperidine rings is 1. The van der Waals surface area contributed by atoms with Crippen LogP contribution in [-0.4, -0.2) is 23.1 Å². The second-order valence-corrected chi connectivity index (χ2v) is 6.81. The van der Waals surface area contributed by atoms with E-state index in [-0.39, 0.29) is 0 Å². The van der Waals surface area contributed by atoms with Crippen molar-refractivity contribution in [2.75, 3.05) is 18.0 Å². The summed E-state index contributed by atoms with van der Waals surface area (Å²) in [6, 6.07) is 0. The van der Waals surface area contributed by atoms with Crippen molar-refractivity contribution in [3.8, 4) is 0 Å². The molecule has 106 valence electrons. The highest BCUT2D eigenvalue weighted by molar-refractivity contribution is 6.17. The van der Waals surface area contributed by atoms with Gasteiger partial charge in [-0.2, -0.15) is 0 Å². The Hall–Kier alpha value is -0.830. The van der Waals surface area contributed by atoms with Gasteiger partial charge in [0.2, 0.25) is 0 Å². The summed E-state index contributed by atoms with van der Waals surface area (Å²) in [5.74, 6) is 1.68. The van der Waals surface area contributed by atoms with Gasteiger partial charge in [0, 0.05) is 19.0 Å². The van der Waals surface area contributed by atoms with Gasteiger partial charge < -0.3 is 4.90 Å². The van der Waals surface area contributed by atoms with Crippen LogP contribution in [0.3, 0.4) is 0 Å². The summed E-state index contributed by atoms with van der Waals surface area (Å²) >= 11 is 6.08. The Morgan fingerprint density at radius 1 is 1.42 bits per heavy atom. The Labute approximate surface area is 121 Å². The van der Waals surface area contributed by atoms with Crippen molar-refractivity contribution >= 4 is 17.3 Å². The van der Waals surface area contributed by atoms with E-state index in [1.807, 2.05) is 6.20 Å². The molecule has 0 N–H and O–H groups in total. The quantitative estimate of drug-likeness (QED) is 0.785. The lowest BCUT2D eigenvalue weighted by molar-refractivity contribution is 0.292. The first kappa shape index (κ1) is 14.6. The zero-order valence-electron chi connectivity index (χ0n) is 12.4. The molecule has 2 rings (SSSR count). The number of rotatable bonds is 3. The number of alkyl halides is 1. The van der Waals surface area contributed by atoms with E-state index in [0.717, 1.165) is 30.3 Å². The maximum Gasteiger partial charge on any atom is 0.131 e. The van der Waals surface area contributed by atoms with Gasteiger partial charge in [-0.1, -0.05) is 27.7 Å². The van der Waals surface area contributed by atoms with Gasteiger partial charge in [-0.25, -0.2) is 9.97 Å². The highest BCUT2D eigenvalue weighted by Gasteiger charge is 2.28. The standard InChI is InChI=1S/C15H24ClN3/c1-11(2)14-17-9-13(12(8-16)18-14)19-7-5-6-15(3,4)10-19/h9,11H,5-8,10H2,1-4H3. The number of hydrogen-bond donors (Lipinski definition) is 0. The van der Waals surface area contributed by atoms with Crippen LogP contribution >= 0.6 is 11.6 Å². The van der Waals surface area contributed by atoms with E-state index >= 15 is 0 Å². The fourth-order valence-electron chi connectivity index (χ4n) is 2.70. The molecule has 0 spiro atoms. The van der Waals surface area contributed by atoms with Gasteiger partial charge >= 0.3 is 0 Å². The fraction of sp³-hybridized carbons (Fsp3) is 0.733. The van der Waals surface area contributed by atoms with Gasteiger partial charge in [-0.15, -0.1) is 11.6 Å². The summed E-state index contributed by atoms with van der Waals surface area (Å²) in [5, 5.41) is 0. The van der Waals surface area contributed by atoms with Crippen molar-refractivity contribution < 1.29 is 0 Å². The van der Waals surface area contributed by atoms with Crippen LogP contribution in [0.4, 0.5) is 5.69 Å². The van der Waals surface area contributed by atoms with Crippen LogP contribution in [-0.2, 0) is 5.88 Å². The average Bonchev–Trinajstić information content (AvgIpc) is 2.36. The number of hydrogen-bond acceptors (Lipinski definition) is 3. The first-order chi connectivity index (χ1) is 8.93. The summed E-state index contributed by atoms with van der Waals surface area (Å²) in [6.07, 6.45) is 4.47. The smallest absolute Gasteiger partial charge is 0.131 e. The van der Waals surface area contributed by atoms with E-state index in [4.69, 9.17) is 11.6 Å². The van der Waals surface area contributed by atoms with Crippen LogP contribution in [0.2, 0.25) is 0 Å². The molecular formula is C15H24ClN3. The third-order valence-electron chi connectivity index (χ3n) is 3.75. The minimum Gasteiger partial charge on any atom is -0.368 e. The molecule has 0 saturated carbocycles. The van der Waals surface area contributed by atoms with Gasteiger partial charge in [0.1, 0.15) is 5.82 Å². The van der Waals surface area contributed by atoms with Gasteiger partial charge in [0.05, 0.1) is 23.5 Å². The fourth-order valence-corrected chi connectivity index (χ4v) is 2.89. The molecule has 2 heterocycles. The Balaban J connectivity index is 2.29. The van der Waals surface area contributed by atoms with Crippen molar-refractivity contribution in [3.05, 3.63) is 17.7 Å². The zero-order valence-corrected chi connectivity index (χ0v) is 13.2. The molecule has 1 saturated heterocycles. The van der Waals surface area contributed by atoms with Crippen LogP contribution in [0.25, 0.3) is 0 Å². The maximum atomic E-state index is 6.08. The highest BCUT2D eigenvalue weighted by Crippen LogP contribution is 2.33. The molecule has 0 radical (unpaired) electrons. The highest BCUT2D eigenvalue weighted by atomic mass is 35.5. The number of aromatic nitrogens is 2. The Bertz CT molecular complexity index is 443. The number of halogens is 1. The van der Waals surface area contributed by atoms with Gasteiger partial charge in [0.15, 0.2) is 0 Å². The third-order valence-corrected chi connectivity index (χ3v) is 4.00. The van der Waals surface area contributed by atoms with Crippen LogP contribution < -0.4 is 4.90 Å². The summed E-state index contributed by atoms with van der Waals surface area (Å²) in [7, 11) is 0. The van der Waals surface area contributed by atoms with E-state index in [1.54, 1.807) is 0 Å². The molecule has 1 aromatic heterocycles. The van der Waals surface area contributed by atoms with Gasteiger partial charge in [-0.3, -0.25) is 0 Å². The van der Waals surface area contributed by atoms with E-state index in [0.29, 0.717) is 17.2 Å². The monoisotopic (exact) mass is 281 g/mol. The molecule has 1 aliphatic heterocycles. The predicted molar refractivity (Wildman–Crippen MR) is 80.9 cm³/mol. The SMILES string of the molecule is CC(C)c1ncc(N2CCCC(C)(C)C2)c(CCl)n1.